The standard InChI is InChI=1S/C12H12N2O4S/c1-17-7-3-6(4-8(5-7)18-2)10-9(13)11(12(15)16)19-14-10/h3-5H,13H2,1-2H3,(H,15,16). The second-order valence-electron chi connectivity index (χ2n) is 3.68. The smallest absolute Gasteiger partial charge is 0.349 e. The van der Waals surface area contributed by atoms with Gasteiger partial charge in [-0.3, -0.25) is 0 Å². The largest absolute Gasteiger partial charge is 0.497 e. The van der Waals surface area contributed by atoms with Crippen LogP contribution in [0.15, 0.2) is 18.2 Å². The lowest BCUT2D eigenvalue weighted by Crippen LogP contribution is -1.98. The molecule has 7 heteroatoms. The number of methoxy groups -OCH3 is 2. The highest BCUT2D eigenvalue weighted by Gasteiger charge is 2.18. The third-order valence-corrected chi connectivity index (χ3v) is 3.40. The number of hydrogen-bond donors (Lipinski definition) is 2. The van der Waals surface area contributed by atoms with Crippen molar-refractivity contribution in [1.82, 2.24) is 4.37 Å². The molecule has 6 nitrogen and oxygen atoms in total. The number of aromatic nitrogens is 1. The summed E-state index contributed by atoms with van der Waals surface area (Å²) in [6, 6.07) is 5.16. The van der Waals surface area contributed by atoms with E-state index in [4.69, 9.17) is 20.3 Å². The summed E-state index contributed by atoms with van der Waals surface area (Å²) in [5.41, 5.74) is 7.02. The van der Waals surface area contributed by atoms with Gasteiger partial charge in [0, 0.05) is 11.6 Å². The highest BCUT2D eigenvalue weighted by molar-refractivity contribution is 7.09. The number of nitrogens with zero attached hydrogens (tertiary/aromatic N) is 1. The first-order valence-electron chi connectivity index (χ1n) is 5.28. The lowest BCUT2D eigenvalue weighted by atomic mass is 10.1. The van der Waals surface area contributed by atoms with Crippen LogP contribution in [0.2, 0.25) is 0 Å². The van der Waals surface area contributed by atoms with Crippen molar-refractivity contribution in [3.05, 3.63) is 23.1 Å². The molecule has 1 aromatic carbocycles. The zero-order valence-electron chi connectivity index (χ0n) is 10.3. The highest BCUT2D eigenvalue weighted by atomic mass is 32.1. The maximum atomic E-state index is 11.0. The second-order valence-corrected chi connectivity index (χ2v) is 4.45. The summed E-state index contributed by atoms with van der Waals surface area (Å²) in [6.07, 6.45) is 0. The van der Waals surface area contributed by atoms with Gasteiger partial charge in [0.05, 0.1) is 19.9 Å². The summed E-state index contributed by atoms with van der Waals surface area (Å²) < 4.78 is 14.4. The fourth-order valence-electron chi connectivity index (χ4n) is 1.60. The van der Waals surface area contributed by atoms with Gasteiger partial charge in [0.25, 0.3) is 0 Å². The molecule has 0 saturated heterocycles. The summed E-state index contributed by atoms with van der Waals surface area (Å²) in [6.45, 7) is 0. The van der Waals surface area contributed by atoms with Crippen LogP contribution in [0, 0.1) is 0 Å². The van der Waals surface area contributed by atoms with Crippen molar-refractivity contribution in [2.24, 2.45) is 0 Å². The van der Waals surface area contributed by atoms with E-state index in [1.165, 1.54) is 14.2 Å². The Bertz CT molecular complexity index is 602. The molecule has 19 heavy (non-hydrogen) atoms. The Morgan fingerprint density at radius 2 is 1.84 bits per heavy atom. The van der Waals surface area contributed by atoms with E-state index < -0.39 is 5.97 Å². The van der Waals surface area contributed by atoms with Gasteiger partial charge in [-0.15, -0.1) is 0 Å². The Morgan fingerprint density at radius 3 is 2.26 bits per heavy atom. The number of carboxylic acids is 1. The summed E-state index contributed by atoms with van der Waals surface area (Å²) in [4.78, 5) is 11.0. The Morgan fingerprint density at radius 1 is 1.26 bits per heavy atom. The van der Waals surface area contributed by atoms with Gasteiger partial charge in [0.1, 0.15) is 17.2 Å². The monoisotopic (exact) mass is 280 g/mol. The van der Waals surface area contributed by atoms with Gasteiger partial charge in [-0.05, 0) is 23.7 Å². The molecule has 2 aromatic rings. The molecule has 0 aliphatic heterocycles. The molecule has 0 aliphatic carbocycles. The van der Waals surface area contributed by atoms with Gasteiger partial charge in [-0.25, -0.2) is 4.79 Å². The summed E-state index contributed by atoms with van der Waals surface area (Å²) >= 11 is 0.850. The third-order valence-electron chi connectivity index (χ3n) is 2.55. The zero-order valence-corrected chi connectivity index (χ0v) is 11.2. The fraction of sp³-hybridized carbons (Fsp3) is 0.167. The van der Waals surface area contributed by atoms with Crippen LogP contribution in [0.5, 0.6) is 11.5 Å². The van der Waals surface area contributed by atoms with Crippen LogP contribution in [-0.4, -0.2) is 29.7 Å². The van der Waals surface area contributed by atoms with Crippen molar-refractivity contribution in [3.8, 4) is 22.8 Å². The van der Waals surface area contributed by atoms with Gasteiger partial charge in [0.15, 0.2) is 4.88 Å². The first-order valence-corrected chi connectivity index (χ1v) is 6.06. The average Bonchev–Trinajstić information content (AvgIpc) is 2.80. The molecular formula is C12H12N2O4S. The number of rotatable bonds is 4. The van der Waals surface area contributed by atoms with E-state index >= 15 is 0 Å². The van der Waals surface area contributed by atoms with Crippen LogP contribution in [0.1, 0.15) is 9.67 Å². The van der Waals surface area contributed by atoms with Crippen molar-refractivity contribution in [3.63, 3.8) is 0 Å². The first kappa shape index (κ1) is 13.2. The molecule has 100 valence electrons. The number of anilines is 1. The third kappa shape index (κ3) is 2.45. The molecule has 3 N–H and O–H groups in total. The lowest BCUT2D eigenvalue weighted by Gasteiger charge is -2.07. The lowest BCUT2D eigenvalue weighted by molar-refractivity contribution is 0.0703. The highest BCUT2D eigenvalue weighted by Crippen LogP contribution is 2.35. The first-order chi connectivity index (χ1) is 9.06. The summed E-state index contributed by atoms with van der Waals surface area (Å²) in [7, 11) is 3.07. The van der Waals surface area contributed by atoms with E-state index in [2.05, 4.69) is 4.37 Å². The van der Waals surface area contributed by atoms with Gasteiger partial charge >= 0.3 is 5.97 Å². The fourth-order valence-corrected chi connectivity index (χ4v) is 2.26. The normalized spacial score (nSPS) is 10.2. The van der Waals surface area contributed by atoms with E-state index in [0.29, 0.717) is 22.8 Å². The Labute approximate surface area is 113 Å². The van der Waals surface area contributed by atoms with E-state index in [-0.39, 0.29) is 10.6 Å². The minimum absolute atomic E-state index is 0.0248. The number of aromatic carboxylic acids is 1. The molecule has 1 heterocycles. The van der Waals surface area contributed by atoms with Gasteiger partial charge in [-0.2, -0.15) is 4.37 Å². The van der Waals surface area contributed by atoms with Crippen molar-refractivity contribution in [2.75, 3.05) is 20.0 Å². The quantitative estimate of drug-likeness (QED) is 0.890. The van der Waals surface area contributed by atoms with Gasteiger partial charge < -0.3 is 20.3 Å². The Kier molecular flexibility index (Phi) is 3.57. The second kappa shape index (κ2) is 5.15. The molecule has 1 aromatic heterocycles. The maximum absolute atomic E-state index is 11.0. The van der Waals surface area contributed by atoms with E-state index in [1.54, 1.807) is 18.2 Å². The topological polar surface area (TPSA) is 94.7 Å². The molecule has 2 rings (SSSR count). The Hall–Kier alpha value is -2.28. The van der Waals surface area contributed by atoms with Gasteiger partial charge in [-0.1, -0.05) is 0 Å². The molecule has 0 fully saturated rings. The van der Waals surface area contributed by atoms with E-state index in [1.807, 2.05) is 0 Å². The number of nitrogens with two attached hydrogens (primary N) is 1. The van der Waals surface area contributed by atoms with Crippen LogP contribution < -0.4 is 15.2 Å². The molecule has 0 radical (unpaired) electrons. The van der Waals surface area contributed by atoms with Crippen molar-refractivity contribution in [2.45, 2.75) is 0 Å². The van der Waals surface area contributed by atoms with Crippen LogP contribution in [0.3, 0.4) is 0 Å². The number of benzene rings is 1. The maximum Gasteiger partial charge on any atom is 0.349 e. The molecule has 0 aliphatic rings. The molecule has 0 spiro atoms. The Balaban J connectivity index is 2.55. The van der Waals surface area contributed by atoms with E-state index in [0.717, 1.165) is 11.5 Å². The van der Waals surface area contributed by atoms with E-state index in [9.17, 15) is 4.79 Å². The number of ether oxygens (including phenoxy) is 2. The number of nitrogen functional groups attached to an aromatic ring is 1. The van der Waals surface area contributed by atoms with Crippen molar-refractivity contribution < 1.29 is 19.4 Å². The van der Waals surface area contributed by atoms with Crippen LogP contribution in [0.4, 0.5) is 5.69 Å². The molecule has 0 bridgehead atoms. The SMILES string of the molecule is COc1cc(OC)cc(-c2nsc(C(=O)O)c2N)c1. The number of hydrogen-bond acceptors (Lipinski definition) is 6. The molecule has 0 unspecified atom stereocenters. The summed E-state index contributed by atoms with van der Waals surface area (Å²) in [5, 5.41) is 8.97. The molecule has 0 atom stereocenters. The average molecular weight is 280 g/mol. The van der Waals surface area contributed by atoms with Crippen LogP contribution in [0.25, 0.3) is 11.3 Å². The number of carbonyl (C=O) groups is 1. The molecular weight excluding hydrogens is 268 g/mol. The predicted molar refractivity (Wildman–Crippen MR) is 72.0 cm³/mol. The van der Waals surface area contributed by atoms with Crippen molar-refractivity contribution >= 4 is 23.2 Å². The summed E-state index contributed by atoms with van der Waals surface area (Å²) in [5.74, 6) is 0.0772. The molecule has 0 amide bonds. The zero-order chi connectivity index (χ0) is 14.0. The van der Waals surface area contributed by atoms with Gasteiger partial charge in [0.2, 0.25) is 0 Å². The number of carboxylic acid groups (broad SMARTS) is 1. The minimum Gasteiger partial charge on any atom is -0.497 e. The van der Waals surface area contributed by atoms with Crippen LogP contribution in [-0.2, 0) is 0 Å². The van der Waals surface area contributed by atoms with Crippen LogP contribution >= 0.6 is 11.5 Å². The molecule has 0 saturated carbocycles. The minimum atomic E-state index is -1.09. The predicted octanol–water partition coefficient (Wildman–Crippen LogP) is 2.11. The van der Waals surface area contributed by atoms with Crippen molar-refractivity contribution in [1.29, 1.82) is 0 Å².